The molecule has 0 amide bonds. The summed E-state index contributed by atoms with van der Waals surface area (Å²) in [5.74, 6) is 0.624. The first-order valence-electron chi connectivity index (χ1n) is 5.87. The van der Waals surface area contributed by atoms with Crippen LogP contribution < -0.4 is 4.72 Å². The molecule has 0 bridgehead atoms. The number of fused-ring (bicyclic) bond motifs is 3. The molecule has 3 aromatic rings. The lowest BCUT2D eigenvalue weighted by Gasteiger charge is -2.00. The van der Waals surface area contributed by atoms with Crippen LogP contribution >= 0.6 is 0 Å². The van der Waals surface area contributed by atoms with E-state index in [2.05, 4.69) is 24.7 Å². The van der Waals surface area contributed by atoms with E-state index in [0.29, 0.717) is 5.82 Å². The van der Waals surface area contributed by atoms with Gasteiger partial charge in [-0.3, -0.25) is 0 Å². The zero-order valence-corrected chi connectivity index (χ0v) is 11.1. The van der Waals surface area contributed by atoms with Crippen molar-refractivity contribution in [2.75, 3.05) is 5.75 Å². The van der Waals surface area contributed by atoms with Gasteiger partial charge in [-0.2, -0.15) is 0 Å². The Morgan fingerprint density at radius 2 is 2.26 bits per heavy atom. The second-order valence-corrected chi connectivity index (χ2v) is 6.26. The van der Waals surface area contributed by atoms with Crippen molar-refractivity contribution >= 4 is 32.1 Å². The number of imidazole rings is 1. The van der Waals surface area contributed by atoms with Gasteiger partial charge in [-0.1, -0.05) is 0 Å². The summed E-state index contributed by atoms with van der Waals surface area (Å²) < 4.78 is 25.3. The van der Waals surface area contributed by atoms with Crippen LogP contribution in [0.1, 0.15) is 12.7 Å². The molecule has 3 rings (SSSR count). The zero-order valence-electron chi connectivity index (χ0n) is 10.3. The van der Waals surface area contributed by atoms with E-state index in [1.807, 2.05) is 6.07 Å². The van der Waals surface area contributed by atoms with Crippen LogP contribution in [-0.4, -0.2) is 34.1 Å². The Balaban J connectivity index is 1.97. The van der Waals surface area contributed by atoms with Crippen molar-refractivity contribution < 1.29 is 8.42 Å². The normalized spacial score (nSPS) is 12.5. The van der Waals surface area contributed by atoms with Crippen LogP contribution in [0.5, 0.6) is 0 Å². The van der Waals surface area contributed by atoms with Gasteiger partial charge in [0.25, 0.3) is 0 Å². The fourth-order valence-electron chi connectivity index (χ4n) is 1.89. The SMILES string of the molecule is CCS(=O)(=O)NCc1nc2c(cnc3[nH]ccc32)[nH]1. The number of nitrogens with one attached hydrogen (secondary N) is 3. The first-order valence-corrected chi connectivity index (χ1v) is 7.52. The van der Waals surface area contributed by atoms with Gasteiger partial charge in [-0.25, -0.2) is 23.1 Å². The predicted molar refractivity (Wildman–Crippen MR) is 72.0 cm³/mol. The number of nitrogens with zero attached hydrogens (tertiary/aromatic N) is 2. The van der Waals surface area contributed by atoms with Crippen LogP contribution in [0.3, 0.4) is 0 Å². The van der Waals surface area contributed by atoms with E-state index in [1.165, 1.54) is 0 Å². The van der Waals surface area contributed by atoms with Crippen molar-refractivity contribution in [3.8, 4) is 0 Å². The summed E-state index contributed by atoms with van der Waals surface area (Å²) in [4.78, 5) is 14.7. The van der Waals surface area contributed by atoms with Gasteiger partial charge in [0.2, 0.25) is 10.0 Å². The van der Waals surface area contributed by atoms with Gasteiger partial charge >= 0.3 is 0 Å². The van der Waals surface area contributed by atoms with E-state index in [9.17, 15) is 8.42 Å². The molecule has 7 nitrogen and oxygen atoms in total. The molecule has 0 fully saturated rings. The highest BCUT2D eigenvalue weighted by Crippen LogP contribution is 2.20. The molecule has 0 saturated heterocycles. The lowest BCUT2D eigenvalue weighted by molar-refractivity contribution is 0.581. The van der Waals surface area contributed by atoms with Gasteiger partial charge in [-0.15, -0.1) is 0 Å². The number of pyridine rings is 1. The summed E-state index contributed by atoms with van der Waals surface area (Å²) in [5, 5.41) is 0.915. The number of hydrogen-bond acceptors (Lipinski definition) is 4. The van der Waals surface area contributed by atoms with E-state index in [1.54, 1.807) is 19.3 Å². The molecule has 100 valence electrons. The van der Waals surface area contributed by atoms with E-state index in [0.717, 1.165) is 22.1 Å². The lowest BCUT2D eigenvalue weighted by Crippen LogP contribution is -2.25. The van der Waals surface area contributed by atoms with Gasteiger partial charge in [0.15, 0.2) is 0 Å². The number of H-pyrrole nitrogens is 2. The number of rotatable bonds is 4. The van der Waals surface area contributed by atoms with Gasteiger partial charge in [0.05, 0.1) is 24.0 Å². The molecule has 0 aromatic carbocycles. The van der Waals surface area contributed by atoms with Crippen molar-refractivity contribution in [1.29, 1.82) is 0 Å². The average molecular weight is 279 g/mol. The smallest absolute Gasteiger partial charge is 0.211 e. The fourth-order valence-corrected chi connectivity index (χ4v) is 2.45. The van der Waals surface area contributed by atoms with Crippen molar-refractivity contribution in [2.45, 2.75) is 13.5 Å². The van der Waals surface area contributed by atoms with Crippen molar-refractivity contribution in [1.82, 2.24) is 24.7 Å². The molecular weight excluding hydrogens is 266 g/mol. The van der Waals surface area contributed by atoms with Crippen LogP contribution in [0.25, 0.3) is 22.1 Å². The number of aromatic amines is 2. The van der Waals surface area contributed by atoms with E-state index < -0.39 is 10.0 Å². The minimum Gasteiger partial charge on any atom is -0.346 e. The largest absolute Gasteiger partial charge is 0.346 e. The third-order valence-corrected chi connectivity index (χ3v) is 4.27. The van der Waals surface area contributed by atoms with Crippen LogP contribution in [0.4, 0.5) is 0 Å². The molecule has 3 aromatic heterocycles. The Bertz CT molecular complexity index is 833. The molecule has 0 spiro atoms. The third-order valence-electron chi connectivity index (χ3n) is 2.92. The van der Waals surface area contributed by atoms with Gasteiger partial charge in [-0.05, 0) is 13.0 Å². The van der Waals surface area contributed by atoms with Crippen LogP contribution in [0, 0.1) is 0 Å². The Morgan fingerprint density at radius 3 is 3.05 bits per heavy atom. The average Bonchev–Trinajstić information content (AvgIpc) is 3.01. The van der Waals surface area contributed by atoms with Crippen molar-refractivity contribution in [2.24, 2.45) is 0 Å². The Hall–Kier alpha value is -1.93. The third kappa shape index (κ3) is 2.20. The topological polar surface area (TPSA) is 104 Å². The summed E-state index contributed by atoms with van der Waals surface area (Å²) in [6.45, 7) is 1.74. The van der Waals surface area contributed by atoms with Crippen molar-refractivity contribution in [3.05, 3.63) is 24.3 Å². The molecule has 19 heavy (non-hydrogen) atoms. The number of sulfonamides is 1. The van der Waals surface area contributed by atoms with E-state index in [4.69, 9.17) is 0 Å². The van der Waals surface area contributed by atoms with Gasteiger partial charge < -0.3 is 9.97 Å². The standard InChI is InChI=1S/C11H13N5O2S/c1-2-19(17,18)14-6-9-15-8-5-13-11-7(3-4-12-11)10(8)16-9/h3-5,14H,2,6H2,1H3,(H,12,13)(H,15,16). The maximum atomic E-state index is 11.4. The number of aromatic nitrogens is 4. The highest BCUT2D eigenvalue weighted by molar-refractivity contribution is 7.89. The van der Waals surface area contributed by atoms with Crippen molar-refractivity contribution in [3.63, 3.8) is 0 Å². The summed E-state index contributed by atoms with van der Waals surface area (Å²) in [6, 6.07) is 1.89. The zero-order chi connectivity index (χ0) is 13.5. The van der Waals surface area contributed by atoms with E-state index in [-0.39, 0.29) is 12.3 Å². The van der Waals surface area contributed by atoms with Crippen LogP contribution in [0.15, 0.2) is 18.5 Å². The summed E-state index contributed by atoms with van der Waals surface area (Å²) in [5.41, 5.74) is 2.34. The summed E-state index contributed by atoms with van der Waals surface area (Å²) >= 11 is 0. The highest BCUT2D eigenvalue weighted by atomic mass is 32.2. The first kappa shape index (κ1) is 12.1. The van der Waals surface area contributed by atoms with Crippen LogP contribution in [0.2, 0.25) is 0 Å². The van der Waals surface area contributed by atoms with E-state index >= 15 is 0 Å². The summed E-state index contributed by atoms with van der Waals surface area (Å²) in [6.07, 6.45) is 3.48. The molecular formula is C11H13N5O2S. The number of hydrogen-bond donors (Lipinski definition) is 3. The maximum Gasteiger partial charge on any atom is 0.211 e. The minimum atomic E-state index is -3.22. The molecule has 0 aliphatic rings. The molecule has 0 aliphatic heterocycles. The monoisotopic (exact) mass is 279 g/mol. The molecule has 3 N–H and O–H groups in total. The molecule has 0 saturated carbocycles. The highest BCUT2D eigenvalue weighted by Gasteiger charge is 2.11. The first-order chi connectivity index (χ1) is 9.09. The molecule has 0 unspecified atom stereocenters. The molecule has 8 heteroatoms. The summed E-state index contributed by atoms with van der Waals surface area (Å²) in [7, 11) is -3.22. The predicted octanol–water partition coefficient (Wildman–Crippen LogP) is 0.879. The fraction of sp³-hybridized carbons (Fsp3) is 0.273. The maximum absolute atomic E-state index is 11.4. The Morgan fingerprint density at radius 1 is 1.42 bits per heavy atom. The molecule has 0 atom stereocenters. The minimum absolute atomic E-state index is 0.0524. The second-order valence-electron chi connectivity index (χ2n) is 4.17. The lowest BCUT2D eigenvalue weighted by atomic mass is 10.3. The molecule has 0 aliphatic carbocycles. The second kappa shape index (κ2) is 4.32. The Labute approximate surface area is 109 Å². The molecule has 0 radical (unpaired) electrons. The van der Waals surface area contributed by atoms with Gasteiger partial charge in [0, 0.05) is 11.6 Å². The van der Waals surface area contributed by atoms with Crippen LogP contribution in [-0.2, 0) is 16.6 Å². The quantitative estimate of drug-likeness (QED) is 0.659. The van der Waals surface area contributed by atoms with Gasteiger partial charge in [0.1, 0.15) is 17.0 Å². The molecule has 3 heterocycles. The Kier molecular flexibility index (Phi) is 2.76.